The highest BCUT2D eigenvalue weighted by Crippen LogP contribution is 2.22. The number of benzene rings is 1. The van der Waals surface area contributed by atoms with E-state index in [4.69, 9.17) is 5.11 Å². The lowest BCUT2D eigenvalue weighted by atomic mass is 9.92. The van der Waals surface area contributed by atoms with Gasteiger partial charge in [0.2, 0.25) is 0 Å². The fourth-order valence-electron chi connectivity index (χ4n) is 2.59. The van der Waals surface area contributed by atoms with Crippen LogP contribution in [0.25, 0.3) is 0 Å². The van der Waals surface area contributed by atoms with Gasteiger partial charge in [0.05, 0.1) is 5.92 Å². The lowest BCUT2D eigenvalue weighted by Gasteiger charge is -2.13. The van der Waals surface area contributed by atoms with E-state index in [9.17, 15) is 4.79 Å². The second-order valence-corrected chi connectivity index (χ2v) is 5.63. The number of rotatable bonds is 10. The molecule has 0 bridgehead atoms. The maximum absolute atomic E-state index is 11.1. The van der Waals surface area contributed by atoms with Crippen molar-refractivity contribution in [1.29, 1.82) is 0 Å². The summed E-state index contributed by atoms with van der Waals surface area (Å²) >= 11 is 0. The predicted molar refractivity (Wildman–Crippen MR) is 84.2 cm³/mol. The van der Waals surface area contributed by atoms with Crippen LogP contribution in [-0.2, 0) is 11.2 Å². The van der Waals surface area contributed by atoms with E-state index >= 15 is 0 Å². The third-order valence-electron chi connectivity index (χ3n) is 3.94. The van der Waals surface area contributed by atoms with Gasteiger partial charge in [0.1, 0.15) is 0 Å². The van der Waals surface area contributed by atoms with Gasteiger partial charge >= 0.3 is 5.97 Å². The average molecular weight is 276 g/mol. The van der Waals surface area contributed by atoms with Crippen molar-refractivity contribution < 1.29 is 9.90 Å². The summed E-state index contributed by atoms with van der Waals surface area (Å²) in [5.74, 6) is -1.15. The number of carboxylic acid groups (broad SMARTS) is 1. The van der Waals surface area contributed by atoms with Gasteiger partial charge in [0.25, 0.3) is 0 Å². The molecule has 1 atom stereocenters. The number of unbranched alkanes of at least 4 members (excludes halogenated alkanes) is 6. The topological polar surface area (TPSA) is 37.3 Å². The molecule has 2 nitrogen and oxygen atoms in total. The zero-order chi connectivity index (χ0) is 14.8. The molecule has 0 aliphatic rings. The van der Waals surface area contributed by atoms with E-state index in [1.165, 1.54) is 44.1 Å². The summed E-state index contributed by atoms with van der Waals surface area (Å²) in [7, 11) is 0. The first kappa shape index (κ1) is 16.7. The van der Waals surface area contributed by atoms with Crippen molar-refractivity contribution in [3.63, 3.8) is 0 Å². The van der Waals surface area contributed by atoms with Gasteiger partial charge in [-0.2, -0.15) is 0 Å². The number of aliphatic carboxylic acids is 1. The molecule has 0 fully saturated rings. The molecule has 0 aliphatic carbocycles. The molecule has 0 saturated heterocycles. The number of carboxylic acids is 1. The van der Waals surface area contributed by atoms with E-state index in [1.807, 2.05) is 18.2 Å². The van der Waals surface area contributed by atoms with E-state index in [1.54, 1.807) is 6.92 Å². The van der Waals surface area contributed by atoms with Crippen LogP contribution in [0.4, 0.5) is 0 Å². The molecule has 1 unspecified atom stereocenters. The summed E-state index contributed by atoms with van der Waals surface area (Å²) < 4.78 is 0. The van der Waals surface area contributed by atoms with Gasteiger partial charge in [-0.15, -0.1) is 0 Å². The summed E-state index contributed by atoms with van der Waals surface area (Å²) in [5.41, 5.74) is 2.18. The minimum absolute atomic E-state index is 0.407. The number of hydrogen-bond donors (Lipinski definition) is 1. The molecule has 112 valence electrons. The molecule has 0 radical (unpaired) electrons. The molecular weight excluding hydrogens is 248 g/mol. The summed E-state index contributed by atoms with van der Waals surface area (Å²) in [5, 5.41) is 9.15. The largest absolute Gasteiger partial charge is 0.481 e. The van der Waals surface area contributed by atoms with Crippen LogP contribution in [0.15, 0.2) is 24.3 Å². The Labute approximate surface area is 123 Å². The Morgan fingerprint density at radius 3 is 2.30 bits per heavy atom. The Morgan fingerprint density at radius 2 is 1.65 bits per heavy atom. The average Bonchev–Trinajstić information content (AvgIpc) is 2.46. The van der Waals surface area contributed by atoms with Crippen molar-refractivity contribution in [3.05, 3.63) is 35.4 Å². The van der Waals surface area contributed by atoms with Crippen LogP contribution in [0.5, 0.6) is 0 Å². The lowest BCUT2D eigenvalue weighted by Crippen LogP contribution is -2.10. The molecule has 1 N–H and O–H groups in total. The monoisotopic (exact) mass is 276 g/mol. The van der Waals surface area contributed by atoms with Crippen LogP contribution >= 0.6 is 0 Å². The van der Waals surface area contributed by atoms with Gasteiger partial charge in [0, 0.05) is 0 Å². The van der Waals surface area contributed by atoms with Crippen molar-refractivity contribution in [2.75, 3.05) is 0 Å². The first-order valence-corrected chi connectivity index (χ1v) is 7.97. The number of carbonyl (C=O) groups is 1. The van der Waals surface area contributed by atoms with Gasteiger partial charge in [0.15, 0.2) is 0 Å². The molecule has 0 spiro atoms. The second kappa shape index (κ2) is 9.57. The fraction of sp³-hybridized carbons (Fsp3) is 0.611. The van der Waals surface area contributed by atoms with Crippen LogP contribution in [0, 0.1) is 0 Å². The summed E-state index contributed by atoms with van der Waals surface area (Å²) in [6.07, 6.45) is 10.0. The van der Waals surface area contributed by atoms with Gasteiger partial charge in [-0.1, -0.05) is 69.7 Å². The smallest absolute Gasteiger partial charge is 0.310 e. The van der Waals surface area contributed by atoms with Crippen molar-refractivity contribution in [2.24, 2.45) is 0 Å². The fourth-order valence-corrected chi connectivity index (χ4v) is 2.59. The maximum Gasteiger partial charge on any atom is 0.310 e. The SMILES string of the molecule is CCCCCCCCCc1ccccc1C(C)C(=O)O. The Kier molecular flexibility index (Phi) is 8.01. The number of hydrogen-bond acceptors (Lipinski definition) is 1. The van der Waals surface area contributed by atoms with E-state index in [-0.39, 0.29) is 0 Å². The minimum atomic E-state index is -0.739. The first-order valence-electron chi connectivity index (χ1n) is 7.97. The zero-order valence-electron chi connectivity index (χ0n) is 12.9. The quantitative estimate of drug-likeness (QED) is 0.599. The van der Waals surface area contributed by atoms with Crippen molar-refractivity contribution in [3.8, 4) is 0 Å². The van der Waals surface area contributed by atoms with Crippen LogP contribution in [0.3, 0.4) is 0 Å². The van der Waals surface area contributed by atoms with Crippen molar-refractivity contribution in [2.45, 2.75) is 71.1 Å². The third-order valence-corrected chi connectivity index (χ3v) is 3.94. The molecule has 1 aromatic carbocycles. The molecule has 20 heavy (non-hydrogen) atoms. The lowest BCUT2D eigenvalue weighted by molar-refractivity contribution is -0.138. The highest BCUT2D eigenvalue weighted by atomic mass is 16.4. The van der Waals surface area contributed by atoms with Crippen LogP contribution in [0.1, 0.15) is 75.8 Å². The Morgan fingerprint density at radius 1 is 1.05 bits per heavy atom. The van der Waals surface area contributed by atoms with Gasteiger partial charge in [-0.05, 0) is 30.9 Å². The van der Waals surface area contributed by atoms with Crippen molar-refractivity contribution in [1.82, 2.24) is 0 Å². The van der Waals surface area contributed by atoms with Crippen LogP contribution in [-0.4, -0.2) is 11.1 Å². The van der Waals surface area contributed by atoms with E-state index < -0.39 is 11.9 Å². The second-order valence-electron chi connectivity index (χ2n) is 5.63. The van der Waals surface area contributed by atoms with Gasteiger partial charge in [-0.3, -0.25) is 4.79 Å². The molecule has 0 aromatic heterocycles. The number of aryl methyl sites for hydroxylation is 1. The van der Waals surface area contributed by atoms with Gasteiger partial charge < -0.3 is 5.11 Å². The molecule has 1 rings (SSSR count). The highest BCUT2D eigenvalue weighted by molar-refractivity contribution is 5.76. The standard InChI is InChI=1S/C18H28O2/c1-3-4-5-6-7-8-9-12-16-13-10-11-14-17(16)15(2)18(19)20/h10-11,13-15H,3-9,12H2,1-2H3,(H,19,20). The van der Waals surface area contributed by atoms with E-state index in [2.05, 4.69) is 13.0 Å². The Bertz CT molecular complexity index is 398. The van der Waals surface area contributed by atoms with Crippen LogP contribution < -0.4 is 0 Å². The molecule has 0 amide bonds. The first-order chi connectivity index (χ1) is 9.66. The Hall–Kier alpha value is -1.31. The van der Waals surface area contributed by atoms with Crippen LogP contribution in [0.2, 0.25) is 0 Å². The maximum atomic E-state index is 11.1. The van der Waals surface area contributed by atoms with Gasteiger partial charge in [-0.25, -0.2) is 0 Å². The highest BCUT2D eigenvalue weighted by Gasteiger charge is 2.16. The minimum Gasteiger partial charge on any atom is -0.481 e. The molecule has 0 saturated carbocycles. The summed E-state index contributed by atoms with van der Waals surface area (Å²) in [6, 6.07) is 7.97. The summed E-state index contributed by atoms with van der Waals surface area (Å²) in [6.45, 7) is 4.01. The Balaban J connectivity index is 2.38. The zero-order valence-corrected chi connectivity index (χ0v) is 12.9. The van der Waals surface area contributed by atoms with E-state index in [0.29, 0.717) is 0 Å². The summed E-state index contributed by atoms with van der Waals surface area (Å²) in [4.78, 5) is 11.1. The van der Waals surface area contributed by atoms with E-state index in [0.717, 1.165) is 18.4 Å². The molecule has 1 aromatic rings. The predicted octanol–water partition coefficient (Wildman–Crippen LogP) is 5.17. The molecule has 0 aliphatic heterocycles. The van der Waals surface area contributed by atoms with Crippen molar-refractivity contribution >= 4 is 5.97 Å². The molecule has 0 heterocycles. The third kappa shape index (κ3) is 5.77. The normalized spacial score (nSPS) is 12.3. The molecule has 2 heteroatoms. The molecular formula is C18H28O2.